The van der Waals surface area contributed by atoms with E-state index >= 15 is 0 Å². The Bertz CT molecular complexity index is 738. The molecule has 0 radical (unpaired) electrons. The van der Waals surface area contributed by atoms with Crippen molar-refractivity contribution >= 4 is 22.7 Å². The molecule has 0 aliphatic carbocycles. The topological polar surface area (TPSA) is 36.9 Å². The second-order valence-electron chi connectivity index (χ2n) is 8.16. The number of hydrogen-bond acceptors (Lipinski definition) is 6. The van der Waals surface area contributed by atoms with Gasteiger partial charge in [0.2, 0.25) is 0 Å². The Kier molecular flexibility index (Phi) is 13.6. The molecule has 0 N–H and O–H groups in total. The van der Waals surface area contributed by atoms with E-state index in [1.165, 1.54) is 64.2 Å². The van der Waals surface area contributed by atoms with Crippen LogP contribution >= 0.6 is 22.7 Å². The molecule has 6 heteroatoms. The van der Waals surface area contributed by atoms with E-state index in [0.717, 1.165) is 52.2 Å². The third-order valence-corrected chi connectivity index (χ3v) is 7.60. The maximum absolute atomic E-state index is 6.32. The molecule has 0 spiro atoms. The van der Waals surface area contributed by atoms with Crippen LogP contribution in [0.2, 0.25) is 0 Å². The number of unbranched alkanes of at least 4 members (excludes halogenated alkanes) is 10. The van der Waals surface area contributed by atoms with Crippen LogP contribution in [0.15, 0.2) is 10.8 Å². The van der Waals surface area contributed by atoms with E-state index in [2.05, 4.69) is 19.2 Å². The number of ether oxygens (including phenoxy) is 4. The van der Waals surface area contributed by atoms with Crippen molar-refractivity contribution in [1.29, 1.82) is 0 Å². The summed E-state index contributed by atoms with van der Waals surface area (Å²) in [7, 11) is 3.36. The largest absolute Gasteiger partial charge is 0.492 e. The minimum atomic E-state index is 0.716. The van der Waals surface area contributed by atoms with Gasteiger partial charge in [0, 0.05) is 10.8 Å². The van der Waals surface area contributed by atoms with Gasteiger partial charge >= 0.3 is 0 Å². The summed E-state index contributed by atoms with van der Waals surface area (Å²) in [5, 5.41) is 4.07. The van der Waals surface area contributed by atoms with Crippen LogP contribution < -0.4 is 18.9 Å². The minimum absolute atomic E-state index is 0.716. The molecule has 0 bridgehead atoms. The fraction of sp³-hybridized carbons (Fsp3) is 0.692. The Balaban J connectivity index is 2.01. The van der Waals surface area contributed by atoms with Crippen molar-refractivity contribution in [3.8, 4) is 32.8 Å². The van der Waals surface area contributed by atoms with Crippen LogP contribution in [0.1, 0.15) is 90.9 Å². The molecule has 2 rings (SSSR count). The molecule has 4 nitrogen and oxygen atoms in total. The molecule has 0 unspecified atom stereocenters. The Hall–Kier alpha value is -1.40. The fourth-order valence-electron chi connectivity index (χ4n) is 3.67. The molecule has 2 heterocycles. The van der Waals surface area contributed by atoms with Crippen LogP contribution in [0, 0.1) is 0 Å². The van der Waals surface area contributed by atoms with Crippen molar-refractivity contribution in [3.05, 3.63) is 10.8 Å². The van der Waals surface area contributed by atoms with E-state index < -0.39 is 0 Å². The van der Waals surface area contributed by atoms with E-state index in [-0.39, 0.29) is 0 Å². The zero-order valence-electron chi connectivity index (χ0n) is 20.5. The van der Waals surface area contributed by atoms with Crippen LogP contribution in [0.5, 0.6) is 23.0 Å². The van der Waals surface area contributed by atoms with Gasteiger partial charge in [-0.25, -0.2) is 0 Å². The lowest BCUT2D eigenvalue weighted by molar-refractivity contribution is 0.261. The van der Waals surface area contributed by atoms with Gasteiger partial charge in [0.25, 0.3) is 0 Å². The summed E-state index contributed by atoms with van der Waals surface area (Å²) in [6.45, 7) is 5.96. The van der Waals surface area contributed by atoms with E-state index in [4.69, 9.17) is 18.9 Å². The van der Waals surface area contributed by atoms with Crippen LogP contribution in [0.25, 0.3) is 9.75 Å². The molecule has 182 valence electrons. The number of hydrogen-bond donors (Lipinski definition) is 0. The smallest absolute Gasteiger partial charge is 0.180 e. The van der Waals surface area contributed by atoms with Gasteiger partial charge in [0.05, 0.1) is 37.2 Å². The predicted octanol–water partition coefficient (Wildman–Crippen LogP) is 8.97. The summed E-state index contributed by atoms with van der Waals surface area (Å²) >= 11 is 3.28. The number of thiophene rings is 2. The highest BCUT2D eigenvalue weighted by atomic mass is 32.1. The molecule has 0 fully saturated rings. The Morgan fingerprint density at radius 1 is 0.562 bits per heavy atom. The first-order valence-corrected chi connectivity index (χ1v) is 14.1. The third kappa shape index (κ3) is 8.51. The highest BCUT2D eigenvalue weighted by Gasteiger charge is 2.23. The average Bonchev–Trinajstić information content (AvgIpc) is 3.40. The van der Waals surface area contributed by atoms with Gasteiger partial charge in [0.1, 0.15) is 0 Å². The van der Waals surface area contributed by atoms with Gasteiger partial charge in [0.15, 0.2) is 23.0 Å². The first kappa shape index (κ1) is 26.8. The predicted molar refractivity (Wildman–Crippen MR) is 138 cm³/mol. The normalized spacial score (nSPS) is 11.0. The number of methoxy groups -OCH3 is 2. The van der Waals surface area contributed by atoms with Crippen molar-refractivity contribution < 1.29 is 18.9 Å². The molecule has 0 aromatic carbocycles. The van der Waals surface area contributed by atoms with Crippen LogP contribution in [0.3, 0.4) is 0 Å². The summed E-state index contributed by atoms with van der Waals surface area (Å²) in [6, 6.07) is 0. The van der Waals surface area contributed by atoms with E-state index in [0.29, 0.717) is 6.61 Å². The van der Waals surface area contributed by atoms with Crippen LogP contribution in [-0.4, -0.2) is 27.4 Å². The molecule has 0 saturated carbocycles. The van der Waals surface area contributed by atoms with Crippen LogP contribution in [-0.2, 0) is 0 Å². The second kappa shape index (κ2) is 16.2. The molecular formula is C26H42O4S2. The second-order valence-corrected chi connectivity index (χ2v) is 9.92. The van der Waals surface area contributed by atoms with Crippen molar-refractivity contribution in [2.75, 3.05) is 27.4 Å². The van der Waals surface area contributed by atoms with Crippen molar-refractivity contribution in [3.63, 3.8) is 0 Å². The van der Waals surface area contributed by atoms with Crippen molar-refractivity contribution in [1.82, 2.24) is 0 Å². The lowest BCUT2D eigenvalue weighted by Crippen LogP contribution is -2.02. The van der Waals surface area contributed by atoms with Crippen molar-refractivity contribution in [2.45, 2.75) is 90.9 Å². The van der Waals surface area contributed by atoms with Gasteiger partial charge in [-0.05, 0) is 12.8 Å². The monoisotopic (exact) mass is 482 g/mol. The summed E-state index contributed by atoms with van der Waals surface area (Å²) in [5.41, 5.74) is 0. The zero-order valence-corrected chi connectivity index (χ0v) is 22.1. The molecule has 2 aromatic heterocycles. The SMILES string of the molecule is CCCCCCCCOc1csc(-c2scc(OC)c2OC)c1OCCCCCCCC. The molecule has 0 aliphatic rings. The lowest BCUT2D eigenvalue weighted by Gasteiger charge is -2.12. The highest BCUT2D eigenvalue weighted by molar-refractivity contribution is 7.21. The summed E-state index contributed by atoms with van der Waals surface area (Å²) < 4.78 is 23.6. The fourth-order valence-corrected chi connectivity index (χ4v) is 5.74. The third-order valence-electron chi connectivity index (χ3n) is 5.56. The molecule has 0 atom stereocenters. The Morgan fingerprint density at radius 3 is 1.62 bits per heavy atom. The maximum atomic E-state index is 6.32. The zero-order chi connectivity index (χ0) is 23.0. The highest BCUT2D eigenvalue weighted by Crippen LogP contribution is 2.52. The molecule has 0 saturated heterocycles. The van der Waals surface area contributed by atoms with E-state index in [9.17, 15) is 0 Å². The molecule has 2 aromatic rings. The molecular weight excluding hydrogens is 440 g/mol. The Labute approximate surface area is 203 Å². The quantitative estimate of drug-likeness (QED) is 0.187. The molecule has 0 amide bonds. The van der Waals surface area contributed by atoms with Gasteiger partial charge < -0.3 is 18.9 Å². The average molecular weight is 483 g/mol. The molecule has 0 aliphatic heterocycles. The number of rotatable bonds is 19. The molecule has 32 heavy (non-hydrogen) atoms. The van der Waals surface area contributed by atoms with Gasteiger partial charge in [-0.15, -0.1) is 22.7 Å². The van der Waals surface area contributed by atoms with Gasteiger partial charge in [-0.2, -0.15) is 0 Å². The summed E-state index contributed by atoms with van der Waals surface area (Å²) in [6.07, 6.45) is 15.0. The summed E-state index contributed by atoms with van der Waals surface area (Å²) in [5.74, 6) is 3.25. The van der Waals surface area contributed by atoms with Crippen molar-refractivity contribution in [2.24, 2.45) is 0 Å². The maximum Gasteiger partial charge on any atom is 0.180 e. The Morgan fingerprint density at radius 2 is 1.06 bits per heavy atom. The van der Waals surface area contributed by atoms with Gasteiger partial charge in [-0.3, -0.25) is 0 Å². The standard InChI is InChI=1S/C26H42O4S2/c1-5-7-9-11-13-15-17-29-22-20-32-26(25-23(28-4)21(27-3)19-31-25)24(22)30-18-16-14-12-10-8-6-2/h19-20H,5-18H2,1-4H3. The van der Waals surface area contributed by atoms with Gasteiger partial charge in [-0.1, -0.05) is 78.1 Å². The van der Waals surface area contributed by atoms with E-state index in [1.807, 2.05) is 5.38 Å². The summed E-state index contributed by atoms with van der Waals surface area (Å²) in [4.78, 5) is 2.11. The van der Waals surface area contributed by atoms with E-state index in [1.54, 1.807) is 36.9 Å². The lowest BCUT2D eigenvalue weighted by atomic mass is 10.1. The first-order valence-electron chi connectivity index (χ1n) is 12.3. The van der Waals surface area contributed by atoms with Crippen LogP contribution in [0.4, 0.5) is 0 Å². The minimum Gasteiger partial charge on any atom is -0.492 e. The first-order chi connectivity index (χ1) is 15.8.